The Bertz CT molecular complexity index is 443. The average Bonchev–Trinajstić information content (AvgIpc) is 3.00. The van der Waals surface area contributed by atoms with Gasteiger partial charge in [0.15, 0.2) is 0 Å². The van der Waals surface area contributed by atoms with Crippen molar-refractivity contribution >= 4 is 5.97 Å². The molecule has 0 amide bonds. The largest absolute Gasteiger partial charge is 0.466 e. The van der Waals surface area contributed by atoms with Gasteiger partial charge in [-0.15, -0.1) is 0 Å². The van der Waals surface area contributed by atoms with Crippen molar-refractivity contribution in [3.05, 3.63) is 12.2 Å². The van der Waals surface area contributed by atoms with Crippen LogP contribution < -0.4 is 0 Å². The molecule has 2 unspecified atom stereocenters. The van der Waals surface area contributed by atoms with E-state index in [9.17, 15) is 4.79 Å². The van der Waals surface area contributed by atoms with Crippen molar-refractivity contribution in [2.24, 2.45) is 11.3 Å². The van der Waals surface area contributed by atoms with Crippen LogP contribution in [-0.4, -0.2) is 24.3 Å². The Labute approximate surface area is 115 Å². The molecular weight excluding hydrogens is 240 g/mol. The van der Waals surface area contributed by atoms with Gasteiger partial charge in [-0.05, 0) is 56.8 Å². The summed E-state index contributed by atoms with van der Waals surface area (Å²) < 4.78 is 11.1. The highest BCUT2D eigenvalue weighted by Gasteiger charge is 2.76. The van der Waals surface area contributed by atoms with Gasteiger partial charge >= 0.3 is 5.97 Å². The van der Waals surface area contributed by atoms with Gasteiger partial charge in [-0.25, -0.2) is 4.79 Å². The smallest absolute Gasteiger partial charge is 0.333 e. The van der Waals surface area contributed by atoms with Crippen LogP contribution in [0.2, 0.25) is 0 Å². The number of methoxy groups -OCH3 is 1. The lowest BCUT2D eigenvalue weighted by atomic mass is 9.54. The van der Waals surface area contributed by atoms with E-state index in [-0.39, 0.29) is 28.5 Å². The predicted octanol–water partition coefficient (Wildman–Crippen LogP) is 3.23. The summed E-state index contributed by atoms with van der Waals surface area (Å²) in [6.07, 6.45) is 6.76. The molecule has 1 spiro atoms. The van der Waals surface area contributed by atoms with Crippen molar-refractivity contribution in [3.63, 3.8) is 0 Å². The summed E-state index contributed by atoms with van der Waals surface area (Å²) in [7, 11) is 1.43. The third kappa shape index (κ3) is 1.57. The topological polar surface area (TPSA) is 38.8 Å². The van der Waals surface area contributed by atoms with E-state index < -0.39 is 0 Å². The van der Waals surface area contributed by atoms with Crippen molar-refractivity contribution in [3.8, 4) is 0 Å². The number of hydrogen-bond acceptors (Lipinski definition) is 3. The van der Waals surface area contributed by atoms with Crippen LogP contribution in [0.1, 0.15) is 52.4 Å². The average molecular weight is 264 g/mol. The Morgan fingerprint density at radius 2 is 2.05 bits per heavy atom. The van der Waals surface area contributed by atoms with Gasteiger partial charge in [-0.1, -0.05) is 13.5 Å². The zero-order valence-electron chi connectivity index (χ0n) is 12.3. The summed E-state index contributed by atoms with van der Waals surface area (Å²) in [5, 5.41) is 0. The molecule has 0 aromatic heterocycles. The molecule has 1 heterocycles. The summed E-state index contributed by atoms with van der Waals surface area (Å²) in [6, 6.07) is 0. The van der Waals surface area contributed by atoms with E-state index in [0.29, 0.717) is 5.57 Å². The maximum Gasteiger partial charge on any atom is 0.333 e. The molecule has 3 fully saturated rings. The molecule has 3 heteroatoms. The number of carbonyl (C=O) groups excluding carboxylic acids is 1. The van der Waals surface area contributed by atoms with E-state index >= 15 is 0 Å². The zero-order valence-corrected chi connectivity index (χ0v) is 12.3. The number of rotatable bonds is 2. The molecule has 0 bridgehead atoms. The van der Waals surface area contributed by atoms with Crippen LogP contribution in [0.4, 0.5) is 0 Å². The number of carbonyl (C=O) groups is 1. The van der Waals surface area contributed by atoms with Gasteiger partial charge in [0, 0.05) is 5.57 Å². The number of ether oxygens (including phenoxy) is 2. The molecule has 3 aliphatic rings. The van der Waals surface area contributed by atoms with E-state index in [2.05, 4.69) is 20.4 Å². The first-order valence-corrected chi connectivity index (χ1v) is 7.35. The summed E-state index contributed by atoms with van der Waals surface area (Å²) in [5.41, 5.74) is 0.933. The first-order chi connectivity index (χ1) is 8.87. The van der Waals surface area contributed by atoms with E-state index in [1.165, 1.54) is 20.0 Å². The minimum Gasteiger partial charge on any atom is -0.466 e. The van der Waals surface area contributed by atoms with E-state index in [0.717, 1.165) is 25.7 Å². The SMILES string of the molecule is C=C(C(=O)OC)[C@@H]1CC[C@@]2(C)CCCC3(C)OC32C1. The Kier molecular flexibility index (Phi) is 2.66. The fourth-order valence-electron chi connectivity index (χ4n) is 4.76. The first kappa shape index (κ1) is 13.2. The summed E-state index contributed by atoms with van der Waals surface area (Å²) in [6.45, 7) is 8.57. The zero-order chi connectivity index (χ0) is 13.9. The maximum atomic E-state index is 11.7. The standard InChI is InChI=1S/C16H24O3/c1-11(13(17)18-4)12-6-9-14(2)7-5-8-15(3)16(14,10-12)19-15/h12H,1,5-10H2,2-4H3/t12-,14-,15?,16?/m1/s1. The molecule has 0 N–H and O–H groups in total. The lowest BCUT2D eigenvalue weighted by molar-refractivity contribution is -0.137. The second-order valence-corrected chi connectivity index (χ2v) is 7.03. The molecule has 3 rings (SSSR count). The monoisotopic (exact) mass is 264 g/mol. The Morgan fingerprint density at radius 3 is 2.74 bits per heavy atom. The summed E-state index contributed by atoms with van der Waals surface area (Å²) >= 11 is 0. The van der Waals surface area contributed by atoms with Crippen LogP contribution >= 0.6 is 0 Å². The van der Waals surface area contributed by atoms with Crippen molar-refractivity contribution in [1.82, 2.24) is 0 Å². The van der Waals surface area contributed by atoms with Crippen molar-refractivity contribution in [2.75, 3.05) is 7.11 Å². The van der Waals surface area contributed by atoms with Crippen LogP contribution in [-0.2, 0) is 14.3 Å². The lowest BCUT2D eigenvalue weighted by Crippen LogP contribution is -2.49. The molecule has 2 saturated carbocycles. The summed E-state index contributed by atoms with van der Waals surface area (Å²) in [4.78, 5) is 11.7. The van der Waals surface area contributed by atoms with Gasteiger partial charge < -0.3 is 9.47 Å². The Morgan fingerprint density at radius 1 is 1.32 bits per heavy atom. The van der Waals surface area contributed by atoms with Crippen LogP contribution in [0, 0.1) is 11.3 Å². The molecule has 1 aliphatic heterocycles. The predicted molar refractivity (Wildman–Crippen MR) is 72.7 cm³/mol. The highest BCUT2D eigenvalue weighted by atomic mass is 16.6. The minimum absolute atomic E-state index is 0.0157. The summed E-state index contributed by atoms with van der Waals surface area (Å²) in [5.74, 6) is -0.0383. The molecule has 3 nitrogen and oxygen atoms in total. The third-order valence-corrected chi connectivity index (χ3v) is 6.09. The molecule has 106 valence electrons. The number of esters is 1. The van der Waals surface area contributed by atoms with Gasteiger partial charge in [0.05, 0.1) is 12.7 Å². The molecule has 4 atom stereocenters. The van der Waals surface area contributed by atoms with Crippen molar-refractivity contribution < 1.29 is 14.3 Å². The minimum atomic E-state index is -0.261. The van der Waals surface area contributed by atoms with Crippen LogP contribution in [0.25, 0.3) is 0 Å². The van der Waals surface area contributed by atoms with Crippen molar-refractivity contribution in [2.45, 2.75) is 63.6 Å². The van der Waals surface area contributed by atoms with Gasteiger partial charge in [0.25, 0.3) is 0 Å². The second kappa shape index (κ2) is 3.85. The normalized spacial score (nSPS) is 47.8. The molecule has 0 aromatic carbocycles. The van der Waals surface area contributed by atoms with Gasteiger partial charge in [0.2, 0.25) is 0 Å². The van der Waals surface area contributed by atoms with Crippen LogP contribution in [0.3, 0.4) is 0 Å². The molecule has 19 heavy (non-hydrogen) atoms. The molecular formula is C16H24O3. The van der Waals surface area contributed by atoms with Crippen LogP contribution in [0.15, 0.2) is 12.2 Å². The van der Waals surface area contributed by atoms with E-state index in [4.69, 9.17) is 9.47 Å². The maximum absolute atomic E-state index is 11.7. The molecule has 0 radical (unpaired) electrons. The molecule has 2 aliphatic carbocycles. The highest BCUT2D eigenvalue weighted by molar-refractivity contribution is 5.88. The molecule has 1 saturated heterocycles. The molecule has 0 aromatic rings. The van der Waals surface area contributed by atoms with Crippen molar-refractivity contribution in [1.29, 1.82) is 0 Å². The lowest BCUT2D eigenvalue weighted by Gasteiger charge is -2.47. The van der Waals surface area contributed by atoms with Gasteiger partial charge in [-0.2, -0.15) is 0 Å². The first-order valence-electron chi connectivity index (χ1n) is 7.35. The van der Waals surface area contributed by atoms with E-state index in [1.54, 1.807) is 0 Å². The fraction of sp³-hybridized carbons (Fsp3) is 0.812. The quantitative estimate of drug-likeness (QED) is 0.436. The van der Waals surface area contributed by atoms with Gasteiger partial charge in [-0.3, -0.25) is 0 Å². The number of epoxide rings is 1. The van der Waals surface area contributed by atoms with E-state index in [1.807, 2.05) is 0 Å². The fourth-order valence-corrected chi connectivity index (χ4v) is 4.76. The number of hydrogen-bond donors (Lipinski definition) is 0. The highest BCUT2D eigenvalue weighted by Crippen LogP contribution is 2.71. The second-order valence-electron chi connectivity index (χ2n) is 7.03. The Balaban J connectivity index is 1.83. The van der Waals surface area contributed by atoms with Gasteiger partial charge in [0.1, 0.15) is 5.60 Å². The third-order valence-electron chi connectivity index (χ3n) is 6.09. The van der Waals surface area contributed by atoms with Crippen LogP contribution in [0.5, 0.6) is 0 Å². The Hall–Kier alpha value is -0.830.